The summed E-state index contributed by atoms with van der Waals surface area (Å²) in [5.74, 6) is 0. The van der Waals surface area contributed by atoms with E-state index < -0.39 is 10.9 Å². The number of rotatable bonds is 3. The molecule has 0 aliphatic heterocycles. The van der Waals surface area contributed by atoms with Gasteiger partial charge in [0.25, 0.3) is 10.9 Å². The van der Waals surface area contributed by atoms with Gasteiger partial charge in [-0.25, -0.2) is 0 Å². The van der Waals surface area contributed by atoms with Crippen molar-refractivity contribution in [1.29, 1.82) is 0 Å². The van der Waals surface area contributed by atoms with Crippen molar-refractivity contribution in [3.63, 3.8) is 0 Å². The number of allylic oxidation sites excluding steroid dienone is 1. The highest BCUT2D eigenvalue weighted by Gasteiger charge is 2.16. The Morgan fingerprint density at radius 3 is 2.54 bits per heavy atom. The number of anilines is 2. The van der Waals surface area contributed by atoms with Gasteiger partial charge < -0.3 is 11.1 Å². The van der Waals surface area contributed by atoms with E-state index in [1.165, 1.54) is 0 Å². The van der Waals surface area contributed by atoms with Crippen molar-refractivity contribution in [2.45, 2.75) is 13.8 Å². The molecule has 1 aromatic rings. The molecule has 0 saturated heterocycles. The minimum absolute atomic E-state index is 0.0499. The molecule has 0 heterocycles. The van der Waals surface area contributed by atoms with Crippen LogP contribution in [0.15, 0.2) is 21.2 Å². The van der Waals surface area contributed by atoms with Crippen molar-refractivity contribution < 1.29 is 0 Å². The predicted molar refractivity (Wildman–Crippen MR) is 53.7 cm³/mol. The maximum Gasteiger partial charge on any atom is 0.253 e. The molecule has 0 spiro atoms. The molecule has 0 aromatic heterocycles. The smallest absolute Gasteiger partial charge is 0.253 e. The largest absolute Gasteiger partial charge is 0.394 e. The highest BCUT2D eigenvalue weighted by atomic mass is 16.2. The standard InChI is InChI=1S/C9H12N2O2/c1-3-5(2)4-11-7-6(10)8(12)9(7)13/h3,11H,4,10H2,1-2H3/b5-3+. The van der Waals surface area contributed by atoms with Gasteiger partial charge in [-0.15, -0.1) is 0 Å². The summed E-state index contributed by atoms with van der Waals surface area (Å²) in [5.41, 5.74) is 5.61. The first-order valence-corrected chi connectivity index (χ1v) is 4.02. The number of hydrogen-bond donors (Lipinski definition) is 2. The summed E-state index contributed by atoms with van der Waals surface area (Å²) in [6.45, 7) is 4.38. The molecule has 0 atom stereocenters. The maximum atomic E-state index is 10.9. The molecule has 0 aliphatic rings. The Labute approximate surface area is 75.8 Å². The van der Waals surface area contributed by atoms with Gasteiger partial charge in [0.05, 0.1) is 0 Å². The fourth-order valence-electron chi connectivity index (χ4n) is 0.915. The molecule has 4 heteroatoms. The molecule has 0 bridgehead atoms. The number of hydrogen-bond acceptors (Lipinski definition) is 4. The van der Waals surface area contributed by atoms with Crippen LogP contribution in [0.3, 0.4) is 0 Å². The van der Waals surface area contributed by atoms with E-state index in [0.29, 0.717) is 6.54 Å². The van der Waals surface area contributed by atoms with Crippen LogP contribution in [0, 0.1) is 0 Å². The Morgan fingerprint density at radius 2 is 2.08 bits per heavy atom. The van der Waals surface area contributed by atoms with Crippen LogP contribution < -0.4 is 21.9 Å². The van der Waals surface area contributed by atoms with Gasteiger partial charge in [-0.1, -0.05) is 11.6 Å². The van der Waals surface area contributed by atoms with E-state index in [9.17, 15) is 9.59 Å². The Hall–Kier alpha value is -1.58. The van der Waals surface area contributed by atoms with Crippen LogP contribution >= 0.6 is 0 Å². The quantitative estimate of drug-likeness (QED) is 0.516. The lowest BCUT2D eigenvalue weighted by Crippen LogP contribution is -2.37. The van der Waals surface area contributed by atoms with Gasteiger partial charge in [0, 0.05) is 6.54 Å². The fourth-order valence-corrected chi connectivity index (χ4v) is 0.915. The Morgan fingerprint density at radius 1 is 1.46 bits per heavy atom. The van der Waals surface area contributed by atoms with Crippen molar-refractivity contribution in [2.24, 2.45) is 0 Å². The lowest BCUT2D eigenvalue weighted by Gasteiger charge is -2.09. The van der Waals surface area contributed by atoms with Crippen molar-refractivity contribution >= 4 is 11.4 Å². The maximum absolute atomic E-state index is 10.9. The summed E-state index contributed by atoms with van der Waals surface area (Å²) in [5, 5.41) is 2.82. The third kappa shape index (κ3) is 1.61. The SMILES string of the molecule is C/C=C(\C)CNc1c(N)c(=O)c1=O. The first-order chi connectivity index (χ1) is 6.07. The second-order valence-corrected chi connectivity index (χ2v) is 2.94. The summed E-state index contributed by atoms with van der Waals surface area (Å²) < 4.78 is 0. The first-order valence-electron chi connectivity index (χ1n) is 4.02. The topological polar surface area (TPSA) is 72.2 Å². The van der Waals surface area contributed by atoms with E-state index in [4.69, 9.17) is 5.73 Å². The normalized spacial score (nSPS) is 12.0. The molecule has 0 aliphatic carbocycles. The van der Waals surface area contributed by atoms with E-state index in [-0.39, 0.29) is 11.4 Å². The van der Waals surface area contributed by atoms with Crippen LogP contribution in [-0.2, 0) is 0 Å². The number of nitrogen functional groups attached to an aromatic ring is 1. The van der Waals surface area contributed by atoms with Gasteiger partial charge in [-0.2, -0.15) is 0 Å². The fraction of sp³-hybridized carbons (Fsp3) is 0.333. The summed E-state index contributed by atoms with van der Waals surface area (Å²) in [6, 6.07) is 0. The molecular formula is C9H12N2O2. The molecule has 3 N–H and O–H groups in total. The van der Waals surface area contributed by atoms with Crippen molar-refractivity contribution in [1.82, 2.24) is 0 Å². The van der Waals surface area contributed by atoms with Crippen LogP contribution in [0.25, 0.3) is 0 Å². The van der Waals surface area contributed by atoms with Gasteiger partial charge in [0.2, 0.25) is 0 Å². The van der Waals surface area contributed by atoms with Gasteiger partial charge in [0.15, 0.2) is 0 Å². The second-order valence-electron chi connectivity index (χ2n) is 2.94. The Kier molecular flexibility index (Phi) is 2.51. The third-order valence-corrected chi connectivity index (χ3v) is 1.98. The van der Waals surface area contributed by atoms with E-state index in [2.05, 4.69) is 5.32 Å². The molecule has 1 rings (SSSR count). The lowest BCUT2D eigenvalue weighted by molar-refractivity contribution is 1.17. The molecule has 0 unspecified atom stereocenters. The lowest BCUT2D eigenvalue weighted by atomic mass is 10.2. The predicted octanol–water partition coefficient (Wildman–Crippen LogP) is 0.243. The van der Waals surface area contributed by atoms with Crippen molar-refractivity contribution in [3.8, 4) is 0 Å². The third-order valence-electron chi connectivity index (χ3n) is 1.98. The highest BCUT2D eigenvalue weighted by Crippen LogP contribution is 2.09. The molecular weight excluding hydrogens is 168 g/mol. The first kappa shape index (κ1) is 9.51. The zero-order valence-electron chi connectivity index (χ0n) is 7.68. The van der Waals surface area contributed by atoms with E-state index >= 15 is 0 Å². The van der Waals surface area contributed by atoms with Crippen LogP contribution in [0.2, 0.25) is 0 Å². The second kappa shape index (κ2) is 3.43. The van der Waals surface area contributed by atoms with E-state index in [1.54, 1.807) is 0 Å². The number of nitrogens with two attached hydrogens (primary N) is 1. The van der Waals surface area contributed by atoms with Crippen LogP contribution in [0.5, 0.6) is 0 Å². The molecule has 4 nitrogen and oxygen atoms in total. The minimum Gasteiger partial charge on any atom is -0.394 e. The average molecular weight is 180 g/mol. The van der Waals surface area contributed by atoms with Crippen LogP contribution in [0.4, 0.5) is 11.4 Å². The monoisotopic (exact) mass is 180 g/mol. The molecule has 70 valence electrons. The minimum atomic E-state index is -0.583. The van der Waals surface area contributed by atoms with Gasteiger partial charge >= 0.3 is 0 Å². The Balaban J connectivity index is 2.68. The van der Waals surface area contributed by atoms with Gasteiger partial charge in [-0.05, 0) is 13.8 Å². The van der Waals surface area contributed by atoms with Crippen LogP contribution in [0.1, 0.15) is 13.8 Å². The zero-order valence-corrected chi connectivity index (χ0v) is 7.68. The van der Waals surface area contributed by atoms with Crippen molar-refractivity contribution in [2.75, 3.05) is 17.6 Å². The van der Waals surface area contributed by atoms with E-state index in [0.717, 1.165) is 5.57 Å². The summed E-state index contributed by atoms with van der Waals surface area (Å²) in [7, 11) is 0. The summed E-state index contributed by atoms with van der Waals surface area (Å²) in [4.78, 5) is 21.6. The van der Waals surface area contributed by atoms with Gasteiger partial charge in [0.1, 0.15) is 11.4 Å². The van der Waals surface area contributed by atoms with E-state index in [1.807, 2.05) is 19.9 Å². The molecule has 0 saturated carbocycles. The van der Waals surface area contributed by atoms with Crippen LogP contribution in [-0.4, -0.2) is 6.54 Å². The number of nitrogens with one attached hydrogen (secondary N) is 1. The molecule has 13 heavy (non-hydrogen) atoms. The summed E-state index contributed by atoms with van der Waals surface area (Å²) >= 11 is 0. The molecule has 0 radical (unpaired) electrons. The summed E-state index contributed by atoms with van der Waals surface area (Å²) in [6.07, 6.45) is 1.93. The average Bonchev–Trinajstić information content (AvgIpc) is 2.16. The highest BCUT2D eigenvalue weighted by molar-refractivity contribution is 5.71. The molecule has 0 amide bonds. The molecule has 1 aromatic carbocycles. The van der Waals surface area contributed by atoms with Crippen molar-refractivity contribution in [3.05, 3.63) is 32.1 Å². The Bertz CT molecular complexity index is 411. The molecule has 0 fully saturated rings. The zero-order chi connectivity index (χ0) is 10.0. The van der Waals surface area contributed by atoms with Gasteiger partial charge in [-0.3, -0.25) is 9.59 Å².